The van der Waals surface area contributed by atoms with Gasteiger partial charge in [0.1, 0.15) is 11.5 Å². The van der Waals surface area contributed by atoms with Crippen molar-refractivity contribution < 1.29 is 24.5 Å². The number of phenolic OH excluding ortho intramolecular Hbond substituents is 1. The summed E-state index contributed by atoms with van der Waals surface area (Å²) in [5, 5.41) is 18.3. The van der Waals surface area contributed by atoms with Gasteiger partial charge in [0.15, 0.2) is 0 Å². The Morgan fingerprint density at radius 1 is 0.870 bits per heavy atom. The van der Waals surface area contributed by atoms with E-state index in [9.17, 15) is 14.7 Å². The van der Waals surface area contributed by atoms with E-state index in [1.165, 1.54) is 24.3 Å². The SMILES string of the molecule is O=C(O)/C=C/c1ccccc1OC(=O)/C=C\c1ccccc1O. The smallest absolute Gasteiger partial charge is 0.336 e. The molecule has 116 valence electrons. The first-order chi connectivity index (χ1) is 11.1. The molecule has 2 aromatic rings. The molecule has 23 heavy (non-hydrogen) atoms. The summed E-state index contributed by atoms with van der Waals surface area (Å²) in [5.41, 5.74) is 0.961. The molecule has 0 amide bonds. The minimum absolute atomic E-state index is 0.0568. The largest absolute Gasteiger partial charge is 0.507 e. The Morgan fingerprint density at radius 3 is 2.17 bits per heavy atom. The molecule has 0 radical (unpaired) electrons. The highest BCUT2D eigenvalue weighted by Gasteiger charge is 2.05. The molecule has 5 heteroatoms. The fourth-order valence-electron chi connectivity index (χ4n) is 1.80. The molecule has 0 saturated carbocycles. The molecule has 5 nitrogen and oxygen atoms in total. The van der Waals surface area contributed by atoms with E-state index in [2.05, 4.69) is 0 Å². The molecule has 2 rings (SSSR count). The fraction of sp³-hybridized carbons (Fsp3) is 0. The Kier molecular flexibility index (Phi) is 5.30. The van der Waals surface area contributed by atoms with Gasteiger partial charge in [-0.25, -0.2) is 9.59 Å². The Labute approximate surface area is 132 Å². The fourth-order valence-corrected chi connectivity index (χ4v) is 1.80. The van der Waals surface area contributed by atoms with Gasteiger partial charge in [-0.05, 0) is 24.3 Å². The number of carboxylic acids is 1. The molecule has 2 aromatic carbocycles. The van der Waals surface area contributed by atoms with E-state index >= 15 is 0 Å². The normalized spacial score (nSPS) is 11.0. The molecule has 0 aliphatic carbocycles. The van der Waals surface area contributed by atoms with E-state index in [0.717, 1.165) is 6.08 Å². The second-order valence-corrected chi connectivity index (χ2v) is 4.52. The van der Waals surface area contributed by atoms with Crippen molar-refractivity contribution in [1.82, 2.24) is 0 Å². The van der Waals surface area contributed by atoms with Crippen molar-refractivity contribution in [3.8, 4) is 11.5 Å². The highest BCUT2D eigenvalue weighted by atomic mass is 16.5. The monoisotopic (exact) mass is 310 g/mol. The van der Waals surface area contributed by atoms with Crippen LogP contribution in [0.5, 0.6) is 11.5 Å². The van der Waals surface area contributed by atoms with Crippen molar-refractivity contribution >= 4 is 24.1 Å². The van der Waals surface area contributed by atoms with Crippen LogP contribution in [-0.4, -0.2) is 22.2 Å². The van der Waals surface area contributed by atoms with Crippen LogP contribution in [0, 0.1) is 0 Å². The number of aromatic hydroxyl groups is 1. The highest BCUT2D eigenvalue weighted by molar-refractivity contribution is 5.90. The lowest BCUT2D eigenvalue weighted by Gasteiger charge is -2.05. The minimum Gasteiger partial charge on any atom is -0.507 e. The van der Waals surface area contributed by atoms with Crippen molar-refractivity contribution in [3.05, 3.63) is 71.8 Å². The third-order valence-corrected chi connectivity index (χ3v) is 2.87. The molecule has 0 aromatic heterocycles. The minimum atomic E-state index is -1.09. The summed E-state index contributed by atoms with van der Waals surface area (Å²) in [6, 6.07) is 13.2. The van der Waals surface area contributed by atoms with Gasteiger partial charge in [-0.1, -0.05) is 36.4 Å². The summed E-state index contributed by atoms with van der Waals surface area (Å²) in [4.78, 5) is 22.4. The van der Waals surface area contributed by atoms with Gasteiger partial charge in [0.25, 0.3) is 0 Å². The average Bonchev–Trinajstić information content (AvgIpc) is 2.53. The van der Waals surface area contributed by atoms with E-state index in [1.807, 2.05) is 0 Å². The Bertz CT molecular complexity index is 774. The van der Waals surface area contributed by atoms with Gasteiger partial charge in [0, 0.05) is 23.3 Å². The molecule has 0 unspecified atom stereocenters. The molecular weight excluding hydrogens is 296 g/mol. The lowest BCUT2D eigenvalue weighted by molar-refractivity contribution is -0.131. The quantitative estimate of drug-likeness (QED) is 0.503. The molecule has 0 spiro atoms. The van der Waals surface area contributed by atoms with E-state index in [0.29, 0.717) is 11.1 Å². The third-order valence-electron chi connectivity index (χ3n) is 2.87. The lowest BCUT2D eigenvalue weighted by atomic mass is 10.2. The van der Waals surface area contributed by atoms with Crippen LogP contribution in [0.15, 0.2) is 60.7 Å². The van der Waals surface area contributed by atoms with Crippen LogP contribution in [0.1, 0.15) is 11.1 Å². The highest BCUT2D eigenvalue weighted by Crippen LogP contribution is 2.20. The number of rotatable bonds is 5. The van der Waals surface area contributed by atoms with Crippen molar-refractivity contribution in [2.24, 2.45) is 0 Å². The van der Waals surface area contributed by atoms with Gasteiger partial charge in [-0.2, -0.15) is 0 Å². The predicted octanol–water partition coefficient (Wildman–Crippen LogP) is 3.11. The van der Waals surface area contributed by atoms with E-state index in [4.69, 9.17) is 9.84 Å². The number of phenols is 1. The van der Waals surface area contributed by atoms with Crippen molar-refractivity contribution in [2.75, 3.05) is 0 Å². The molecule has 0 aliphatic rings. The van der Waals surface area contributed by atoms with Crippen LogP contribution in [0.3, 0.4) is 0 Å². The van der Waals surface area contributed by atoms with E-state index in [-0.39, 0.29) is 11.5 Å². The van der Waals surface area contributed by atoms with Crippen LogP contribution in [-0.2, 0) is 9.59 Å². The maximum atomic E-state index is 11.9. The first-order valence-electron chi connectivity index (χ1n) is 6.74. The molecule has 0 aliphatic heterocycles. The van der Waals surface area contributed by atoms with Crippen LogP contribution in [0.25, 0.3) is 12.2 Å². The summed E-state index contributed by atoms with van der Waals surface area (Å²) in [5.74, 6) is -1.42. The van der Waals surface area contributed by atoms with Crippen LogP contribution >= 0.6 is 0 Å². The van der Waals surface area contributed by atoms with Gasteiger partial charge in [-0.3, -0.25) is 0 Å². The number of benzene rings is 2. The van der Waals surface area contributed by atoms with Gasteiger partial charge in [0.05, 0.1) is 0 Å². The number of aliphatic carboxylic acids is 1. The van der Waals surface area contributed by atoms with Gasteiger partial charge in [0.2, 0.25) is 0 Å². The second-order valence-electron chi connectivity index (χ2n) is 4.52. The van der Waals surface area contributed by atoms with Crippen molar-refractivity contribution in [2.45, 2.75) is 0 Å². The topological polar surface area (TPSA) is 83.8 Å². The number of carbonyl (C=O) groups excluding carboxylic acids is 1. The van der Waals surface area contributed by atoms with Gasteiger partial charge in [-0.15, -0.1) is 0 Å². The van der Waals surface area contributed by atoms with Crippen molar-refractivity contribution in [3.63, 3.8) is 0 Å². The summed E-state index contributed by atoms with van der Waals surface area (Å²) >= 11 is 0. The molecule has 0 bridgehead atoms. The predicted molar refractivity (Wildman–Crippen MR) is 85.9 cm³/mol. The number of hydrogen-bond acceptors (Lipinski definition) is 4. The summed E-state index contributed by atoms with van der Waals surface area (Å²) in [7, 11) is 0. The zero-order chi connectivity index (χ0) is 16.7. The number of hydrogen-bond donors (Lipinski definition) is 2. The molecule has 2 N–H and O–H groups in total. The molecule has 0 saturated heterocycles. The van der Waals surface area contributed by atoms with Gasteiger partial charge < -0.3 is 14.9 Å². The van der Waals surface area contributed by atoms with Crippen molar-refractivity contribution in [1.29, 1.82) is 0 Å². The van der Waals surface area contributed by atoms with Gasteiger partial charge >= 0.3 is 11.9 Å². The number of para-hydroxylation sites is 2. The Morgan fingerprint density at radius 2 is 1.48 bits per heavy atom. The third kappa shape index (κ3) is 4.86. The number of carbonyl (C=O) groups is 2. The first-order valence-corrected chi connectivity index (χ1v) is 6.74. The molecule has 0 atom stereocenters. The summed E-state index contributed by atoms with van der Waals surface area (Å²) < 4.78 is 5.19. The lowest BCUT2D eigenvalue weighted by Crippen LogP contribution is -2.04. The standard InChI is InChI=1S/C18H14O5/c19-15-7-3-1-5-13(15)10-12-18(22)23-16-8-4-2-6-14(16)9-11-17(20)21/h1-12,19H,(H,20,21)/b11-9+,12-10-. The van der Waals surface area contributed by atoms with Crippen LogP contribution in [0.4, 0.5) is 0 Å². The second kappa shape index (κ2) is 7.61. The average molecular weight is 310 g/mol. The maximum Gasteiger partial charge on any atom is 0.336 e. The molecule has 0 heterocycles. The number of ether oxygens (including phenoxy) is 1. The van der Waals surface area contributed by atoms with E-state index < -0.39 is 11.9 Å². The van der Waals surface area contributed by atoms with E-state index in [1.54, 1.807) is 42.5 Å². The number of carboxylic acid groups (broad SMARTS) is 1. The Hall–Kier alpha value is -3.34. The zero-order valence-electron chi connectivity index (χ0n) is 12.0. The Balaban J connectivity index is 2.12. The summed E-state index contributed by atoms with van der Waals surface area (Å²) in [6.07, 6.45) is 4.93. The molecule has 0 fully saturated rings. The molecular formula is C18H14O5. The van der Waals surface area contributed by atoms with Crippen LogP contribution in [0.2, 0.25) is 0 Å². The maximum absolute atomic E-state index is 11.9. The zero-order valence-corrected chi connectivity index (χ0v) is 12.0. The number of esters is 1. The first kappa shape index (κ1) is 16.0. The summed E-state index contributed by atoms with van der Waals surface area (Å²) in [6.45, 7) is 0. The van der Waals surface area contributed by atoms with Crippen LogP contribution < -0.4 is 4.74 Å².